The lowest BCUT2D eigenvalue weighted by atomic mass is 10.5. The fourth-order valence-electron chi connectivity index (χ4n) is 1.31. The van der Waals surface area contributed by atoms with Gasteiger partial charge in [0.1, 0.15) is 23.2 Å². The molecule has 6 nitrogen and oxygen atoms in total. The summed E-state index contributed by atoms with van der Waals surface area (Å²) in [6.45, 7) is 2.07. The van der Waals surface area contributed by atoms with E-state index in [0.29, 0.717) is 22.8 Å². The van der Waals surface area contributed by atoms with Crippen LogP contribution < -0.4 is 0 Å². The topological polar surface area (TPSA) is 69.9 Å². The Balaban J connectivity index is 2.58. The molecular formula is C9H10N4O2S. The molecule has 2 rings (SSSR count). The Hall–Kier alpha value is -1.63. The van der Waals surface area contributed by atoms with Crippen LogP contribution in [0.3, 0.4) is 0 Å². The van der Waals surface area contributed by atoms with Crippen LogP contribution in [0.2, 0.25) is 0 Å². The summed E-state index contributed by atoms with van der Waals surface area (Å²) >= 11 is 1.43. The monoisotopic (exact) mass is 238 g/mol. The van der Waals surface area contributed by atoms with Crippen molar-refractivity contribution >= 4 is 29.0 Å². The van der Waals surface area contributed by atoms with Crippen LogP contribution in [0, 0.1) is 0 Å². The van der Waals surface area contributed by atoms with Gasteiger partial charge in [-0.2, -0.15) is 0 Å². The molecule has 7 heteroatoms. The zero-order valence-electron chi connectivity index (χ0n) is 8.88. The van der Waals surface area contributed by atoms with Gasteiger partial charge in [0.15, 0.2) is 5.65 Å². The molecule has 0 aliphatic carbocycles. The number of ether oxygens (including phenoxy) is 1. The van der Waals surface area contributed by atoms with Gasteiger partial charge in [-0.15, -0.1) is 11.8 Å². The Bertz CT molecular complexity index is 525. The summed E-state index contributed by atoms with van der Waals surface area (Å²) in [6.07, 6.45) is 4.24. The molecule has 2 aromatic heterocycles. The summed E-state index contributed by atoms with van der Waals surface area (Å²) in [6, 6.07) is 0. The first kappa shape index (κ1) is 10.9. The van der Waals surface area contributed by atoms with Crippen LogP contribution in [0.15, 0.2) is 17.7 Å². The number of aromatic nitrogens is 4. The summed E-state index contributed by atoms with van der Waals surface area (Å²) in [5, 5.41) is 0.704. The van der Waals surface area contributed by atoms with E-state index in [1.165, 1.54) is 29.0 Å². The SMILES string of the molecule is CCOC(=O)n1cnc2ncnc(SC)c21. The minimum absolute atomic E-state index is 0.320. The van der Waals surface area contributed by atoms with E-state index in [9.17, 15) is 4.79 Å². The average Bonchev–Trinajstić information content (AvgIpc) is 2.72. The van der Waals surface area contributed by atoms with Crippen LogP contribution in [0.1, 0.15) is 6.92 Å². The second-order valence-corrected chi connectivity index (χ2v) is 3.66. The van der Waals surface area contributed by atoms with Gasteiger partial charge in [0.2, 0.25) is 0 Å². The molecule has 2 heterocycles. The highest BCUT2D eigenvalue weighted by Gasteiger charge is 2.15. The Morgan fingerprint density at radius 3 is 3.00 bits per heavy atom. The molecule has 0 aliphatic rings. The number of imidazole rings is 1. The first-order valence-electron chi connectivity index (χ1n) is 4.67. The Morgan fingerprint density at radius 2 is 2.31 bits per heavy atom. The molecule has 0 bridgehead atoms. The van der Waals surface area contributed by atoms with Gasteiger partial charge in [0, 0.05) is 0 Å². The second-order valence-electron chi connectivity index (χ2n) is 2.87. The van der Waals surface area contributed by atoms with Gasteiger partial charge < -0.3 is 4.74 Å². The molecule has 0 atom stereocenters. The zero-order valence-corrected chi connectivity index (χ0v) is 9.69. The summed E-state index contributed by atoms with van der Waals surface area (Å²) in [7, 11) is 0. The van der Waals surface area contributed by atoms with Crippen molar-refractivity contribution in [2.24, 2.45) is 0 Å². The molecule has 0 radical (unpaired) electrons. The molecule has 2 aromatic rings. The molecule has 16 heavy (non-hydrogen) atoms. The smallest absolute Gasteiger partial charge is 0.419 e. The van der Waals surface area contributed by atoms with Crippen molar-refractivity contribution in [2.45, 2.75) is 11.9 Å². The van der Waals surface area contributed by atoms with E-state index >= 15 is 0 Å². The average molecular weight is 238 g/mol. The molecule has 0 N–H and O–H groups in total. The maximum atomic E-state index is 11.6. The third-order valence-electron chi connectivity index (χ3n) is 1.96. The fraction of sp³-hybridized carbons (Fsp3) is 0.333. The summed E-state index contributed by atoms with van der Waals surface area (Å²) in [5.41, 5.74) is 1.08. The van der Waals surface area contributed by atoms with Crippen LogP contribution in [0.5, 0.6) is 0 Å². The number of nitrogens with zero attached hydrogens (tertiary/aromatic N) is 4. The molecule has 0 spiro atoms. The normalized spacial score (nSPS) is 10.6. The quantitative estimate of drug-likeness (QED) is 0.584. The number of rotatable bonds is 2. The van der Waals surface area contributed by atoms with Crippen molar-refractivity contribution in [3.8, 4) is 0 Å². The lowest BCUT2D eigenvalue weighted by Gasteiger charge is -2.04. The third kappa shape index (κ3) is 1.73. The largest absolute Gasteiger partial charge is 0.449 e. The molecule has 0 aromatic carbocycles. The minimum Gasteiger partial charge on any atom is -0.449 e. The highest BCUT2D eigenvalue weighted by atomic mass is 32.2. The van der Waals surface area contributed by atoms with Gasteiger partial charge >= 0.3 is 6.09 Å². The predicted molar refractivity (Wildman–Crippen MR) is 59.5 cm³/mol. The number of carbonyl (C=O) groups is 1. The third-order valence-corrected chi connectivity index (χ3v) is 2.65. The van der Waals surface area contributed by atoms with Crippen molar-refractivity contribution in [2.75, 3.05) is 12.9 Å². The lowest BCUT2D eigenvalue weighted by molar-refractivity contribution is 0.155. The van der Waals surface area contributed by atoms with E-state index in [0.717, 1.165) is 0 Å². The predicted octanol–water partition coefficient (Wildman–Crippen LogP) is 1.55. The molecule has 0 saturated heterocycles. The van der Waals surface area contributed by atoms with Crippen LogP contribution in [0.4, 0.5) is 4.79 Å². The van der Waals surface area contributed by atoms with Crippen LogP contribution in [-0.2, 0) is 4.74 Å². The Kier molecular flexibility index (Phi) is 3.04. The molecule has 0 amide bonds. The van der Waals surface area contributed by atoms with E-state index in [4.69, 9.17) is 4.74 Å². The minimum atomic E-state index is -0.463. The van der Waals surface area contributed by atoms with Gasteiger partial charge in [0.25, 0.3) is 0 Å². The van der Waals surface area contributed by atoms with Crippen molar-refractivity contribution in [1.82, 2.24) is 19.5 Å². The zero-order chi connectivity index (χ0) is 11.5. The Morgan fingerprint density at radius 1 is 1.50 bits per heavy atom. The molecule has 0 fully saturated rings. The molecule has 0 unspecified atom stereocenters. The number of carbonyl (C=O) groups excluding carboxylic acids is 1. The van der Waals surface area contributed by atoms with Crippen LogP contribution in [-0.4, -0.2) is 38.5 Å². The maximum Gasteiger partial charge on any atom is 0.419 e. The van der Waals surface area contributed by atoms with E-state index < -0.39 is 6.09 Å². The van der Waals surface area contributed by atoms with Crippen LogP contribution >= 0.6 is 11.8 Å². The van der Waals surface area contributed by atoms with E-state index in [1.807, 2.05) is 6.26 Å². The van der Waals surface area contributed by atoms with Crippen LogP contribution in [0.25, 0.3) is 11.2 Å². The van der Waals surface area contributed by atoms with Crippen molar-refractivity contribution in [3.63, 3.8) is 0 Å². The molecule has 0 saturated carbocycles. The molecule has 0 aliphatic heterocycles. The first-order valence-corrected chi connectivity index (χ1v) is 5.89. The fourth-order valence-corrected chi connectivity index (χ4v) is 1.85. The number of fused-ring (bicyclic) bond motifs is 1. The highest BCUT2D eigenvalue weighted by Crippen LogP contribution is 2.21. The Labute approximate surface area is 96.0 Å². The molecule has 84 valence electrons. The van der Waals surface area contributed by atoms with E-state index in [-0.39, 0.29) is 0 Å². The maximum absolute atomic E-state index is 11.6. The molecular weight excluding hydrogens is 228 g/mol. The summed E-state index contributed by atoms with van der Waals surface area (Å²) < 4.78 is 6.24. The van der Waals surface area contributed by atoms with Crippen molar-refractivity contribution in [3.05, 3.63) is 12.7 Å². The number of hydrogen-bond donors (Lipinski definition) is 0. The van der Waals surface area contributed by atoms with Gasteiger partial charge in [0.05, 0.1) is 6.61 Å². The van der Waals surface area contributed by atoms with Gasteiger partial charge in [-0.1, -0.05) is 0 Å². The standard InChI is InChI=1S/C9H10N4O2S/c1-3-15-9(14)13-5-12-7-6(13)8(16-2)11-4-10-7/h4-5H,3H2,1-2H3. The summed E-state index contributed by atoms with van der Waals surface area (Å²) in [5.74, 6) is 0. The van der Waals surface area contributed by atoms with Gasteiger partial charge in [-0.25, -0.2) is 24.3 Å². The summed E-state index contributed by atoms with van der Waals surface area (Å²) in [4.78, 5) is 23.7. The van der Waals surface area contributed by atoms with Crippen molar-refractivity contribution < 1.29 is 9.53 Å². The number of thioether (sulfide) groups is 1. The van der Waals surface area contributed by atoms with E-state index in [2.05, 4.69) is 15.0 Å². The van der Waals surface area contributed by atoms with Gasteiger partial charge in [-0.3, -0.25) is 0 Å². The van der Waals surface area contributed by atoms with Gasteiger partial charge in [-0.05, 0) is 13.2 Å². The van der Waals surface area contributed by atoms with Crippen molar-refractivity contribution in [1.29, 1.82) is 0 Å². The van der Waals surface area contributed by atoms with E-state index in [1.54, 1.807) is 6.92 Å². The second kappa shape index (κ2) is 4.48. The first-order chi connectivity index (χ1) is 7.77. The highest BCUT2D eigenvalue weighted by molar-refractivity contribution is 7.98. The number of hydrogen-bond acceptors (Lipinski definition) is 6. The lowest BCUT2D eigenvalue weighted by Crippen LogP contribution is -2.12.